The van der Waals surface area contributed by atoms with Crippen molar-refractivity contribution in [3.63, 3.8) is 0 Å². The summed E-state index contributed by atoms with van der Waals surface area (Å²) in [5.41, 5.74) is 3.08. The van der Waals surface area contributed by atoms with Crippen LogP contribution in [0, 0.1) is 0 Å². The molecule has 0 saturated carbocycles. The molecule has 0 unspecified atom stereocenters. The zero-order valence-electron chi connectivity index (χ0n) is 12.4. The SMILES string of the molecule is CC(C)c1cc(NO)nc(NC(=O)Nc2ccc(Cl)c(Cl)c2)n1. The molecule has 1 aromatic heterocycles. The van der Waals surface area contributed by atoms with Crippen LogP contribution in [0.4, 0.5) is 22.2 Å². The number of hydrogen-bond acceptors (Lipinski definition) is 5. The van der Waals surface area contributed by atoms with Crippen molar-refractivity contribution in [3.8, 4) is 0 Å². The molecule has 23 heavy (non-hydrogen) atoms. The summed E-state index contributed by atoms with van der Waals surface area (Å²) in [6.07, 6.45) is 0. The number of nitrogens with one attached hydrogen (secondary N) is 3. The molecule has 2 aromatic rings. The number of aromatic nitrogens is 2. The van der Waals surface area contributed by atoms with Crippen molar-refractivity contribution >= 4 is 46.7 Å². The molecule has 2 amide bonds. The van der Waals surface area contributed by atoms with Crippen LogP contribution in [-0.2, 0) is 0 Å². The molecule has 0 fully saturated rings. The number of amides is 2. The summed E-state index contributed by atoms with van der Waals surface area (Å²) in [4.78, 5) is 20.2. The highest BCUT2D eigenvalue weighted by Crippen LogP contribution is 2.25. The third-order valence-electron chi connectivity index (χ3n) is 2.85. The predicted molar refractivity (Wildman–Crippen MR) is 90.6 cm³/mol. The molecule has 0 bridgehead atoms. The van der Waals surface area contributed by atoms with Crippen molar-refractivity contribution in [3.05, 3.63) is 40.0 Å². The largest absolute Gasteiger partial charge is 0.326 e. The molecular weight excluding hydrogens is 341 g/mol. The Balaban J connectivity index is 2.13. The molecule has 2 rings (SSSR count). The van der Waals surface area contributed by atoms with Gasteiger partial charge in [0, 0.05) is 11.8 Å². The molecule has 1 heterocycles. The normalized spacial score (nSPS) is 10.5. The second-order valence-electron chi connectivity index (χ2n) is 4.98. The van der Waals surface area contributed by atoms with Crippen LogP contribution in [-0.4, -0.2) is 21.2 Å². The van der Waals surface area contributed by atoms with Crippen LogP contribution in [0.1, 0.15) is 25.5 Å². The fraction of sp³-hybridized carbons (Fsp3) is 0.214. The van der Waals surface area contributed by atoms with Crippen LogP contribution in [0.2, 0.25) is 10.0 Å². The van der Waals surface area contributed by atoms with E-state index in [0.29, 0.717) is 21.4 Å². The maximum Gasteiger partial charge on any atom is 0.326 e. The highest BCUT2D eigenvalue weighted by Gasteiger charge is 2.11. The van der Waals surface area contributed by atoms with Crippen molar-refractivity contribution in [2.45, 2.75) is 19.8 Å². The van der Waals surface area contributed by atoms with Crippen molar-refractivity contribution in [1.29, 1.82) is 0 Å². The first-order valence-electron chi connectivity index (χ1n) is 6.71. The van der Waals surface area contributed by atoms with Crippen LogP contribution in [0.5, 0.6) is 0 Å². The quantitative estimate of drug-likeness (QED) is 0.611. The molecule has 0 atom stereocenters. The number of urea groups is 1. The zero-order valence-corrected chi connectivity index (χ0v) is 13.9. The number of anilines is 3. The van der Waals surface area contributed by atoms with E-state index in [1.807, 2.05) is 19.3 Å². The van der Waals surface area contributed by atoms with Crippen LogP contribution in [0.15, 0.2) is 24.3 Å². The number of benzene rings is 1. The average Bonchev–Trinajstić information content (AvgIpc) is 2.50. The van der Waals surface area contributed by atoms with Gasteiger partial charge < -0.3 is 5.32 Å². The average molecular weight is 356 g/mol. The highest BCUT2D eigenvalue weighted by molar-refractivity contribution is 6.42. The van der Waals surface area contributed by atoms with E-state index in [9.17, 15) is 4.79 Å². The number of rotatable bonds is 4. The van der Waals surface area contributed by atoms with E-state index in [1.165, 1.54) is 6.07 Å². The molecule has 0 spiro atoms. The Morgan fingerprint density at radius 1 is 1.13 bits per heavy atom. The molecule has 0 aliphatic carbocycles. The Hall–Kier alpha value is -2.09. The van der Waals surface area contributed by atoms with E-state index in [4.69, 9.17) is 28.4 Å². The van der Waals surface area contributed by atoms with E-state index in [1.54, 1.807) is 18.2 Å². The second kappa shape index (κ2) is 7.45. The summed E-state index contributed by atoms with van der Waals surface area (Å²) in [5, 5.41) is 14.8. The van der Waals surface area contributed by atoms with Gasteiger partial charge in [0.2, 0.25) is 5.95 Å². The number of nitrogens with zero attached hydrogens (tertiary/aromatic N) is 2. The van der Waals surface area contributed by atoms with Crippen molar-refractivity contribution in [2.24, 2.45) is 0 Å². The molecule has 0 aliphatic rings. The van der Waals surface area contributed by atoms with Gasteiger partial charge in [-0.3, -0.25) is 16.0 Å². The van der Waals surface area contributed by atoms with Crippen LogP contribution >= 0.6 is 23.2 Å². The van der Waals surface area contributed by atoms with Crippen LogP contribution in [0.3, 0.4) is 0 Å². The Labute approximate surface area is 143 Å². The molecule has 122 valence electrons. The molecule has 9 heteroatoms. The van der Waals surface area contributed by atoms with Crippen molar-refractivity contribution < 1.29 is 10.0 Å². The maximum absolute atomic E-state index is 12.0. The van der Waals surface area contributed by atoms with Gasteiger partial charge in [-0.15, -0.1) is 0 Å². The molecule has 0 saturated heterocycles. The number of halogens is 2. The fourth-order valence-electron chi connectivity index (χ4n) is 1.71. The highest BCUT2D eigenvalue weighted by atomic mass is 35.5. The van der Waals surface area contributed by atoms with Crippen LogP contribution in [0.25, 0.3) is 0 Å². The van der Waals surface area contributed by atoms with Gasteiger partial charge in [-0.25, -0.2) is 9.78 Å². The van der Waals surface area contributed by atoms with Crippen molar-refractivity contribution in [1.82, 2.24) is 9.97 Å². The first-order valence-corrected chi connectivity index (χ1v) is 7.46. The molecular formula is C14H15Cl2N5O2. The van der Waals surface area contributed by atoms with E-state index in [-0.39, 0.29) is 17.7 Å². The fourth-order valence-corrected chi connectivity index (χ4v) is 2.01. The summed E-state index contributed by atoms with van der Waals surface area (Å²) in [7, 11) is 0. The molecule has 1 aromatic carbocycles. The minimum atomic E-state index is -0.548. The van der Waals surface area contributed by atoms with Gasteiger partial charge in [0.1, 0.15) is 0 Å². The third kappa shape index (κ3) is 4.69. The summed E-state index contributed by atoms with van der Waals surface area (Å²) in [5.74, 6) is 0.350. The lowest BCUT2D eigenvalue weighted by atomic mass is 10.1. The summed E-state index contributed by atoms with van der Waals surface area (Å²) >= 11 is 11.7. The van der Waals surface area contributed by atoms with E-state index < -0.39 is 6.03 Å². The molecule has 0 radical (unpaired) electrons. The molecule has 0 aliphatic heterocycles. The summed E-state index contributed by atoms with van der Waals surface area (Å²) < 4.78 is 0. The second-order valence-corrected chi connectivity index (χ2v) is 5.79. The number of carbonyl (C=O) groups excluding carboxylic acids is 1. The molecule has 7 nitrogen and oxygen atoms in total. The lowest BCUT2D eigenvalue weighted by molar-refractivity contribution is 0.262. The first kappa shape index (κ1) is 17.3. The minimum absolute atomic E-state index is 0.0605. The predicted octanol–water partition coefficient (Wildman–Crippen LogP) is 4.35. The Bertz CT molecular complexity index is 724. The third-order valence-corrected chi connectivity index (χ3v) is 3.59. The van der Waals surface area contributed by atoms with Gasteiger partial charge in [0.25, 0.3) is 0 Å². The first-order chi connectivity index (χ1) is 10.9. The molecule has 4 N–H and O–H groups in total. The van der Waals surface area contributed by atoms with Crippen molar-refractivity contribution in [2.75, 3.05) is 16.1 Å². The van der Waals surface area contributed by atoms with E-state index in [0.717, 1.165) is 0 Å². The maximum atomic E-state index is 12.0. The number of hydrogen-bond donors (Lipinski definition) is 4. The smallest absolute Gasteiger partial charge is 0.308 e. The van der Waals surface area contributed by atoms with Gasteiger partial charge in [-0.05, 0) is 24.1 Å². The topological polar surface area (TPSA) is 99.2 Å². The summed E-state index contributed by atoms with van der Waals surface area (Å²) in [6, 6.07) is 5.75. The van der Waals surface area contributed by atoms with Crippen LogP contribution < -0.4 is 16.1 Å². The van der Waals surface area contributed by atoms with E-state index >= 15 is 0 Å². The standard InChI is InChI=1S/C14H15Cl2N5O2/c1-7(2)11-6-12(21-23)19-13(18-11)20-14(22)17-8-3-4-9(15)10(16)5-8/h3-7,23H,1-2H3,(H3,17,18,19,20,21,22). The van der Waals surface area contributed by atoms with Gasteiger partial charge in [-0.1, -0.05) is 37.0 Å². The van der Waals surface area contributed by atoms with Gasteiger partial charge >= 0.3 is 6.03 Å². The Morgan fingerprint density at radius 3 is 2.48 bits per heavy atom. The number of carbonyl (C=O) groups is 1. The van der Waals surface area contributed by atoms with Gasteiger partial charge in [0.15, 0.2) is 5.82 Å². The minimum Gasteiger partial charge on any atom is -0.308 e. The zero-order chi connectivity index (χ0) is 17.0. The Kier molecular flexibility index (Phi) is 5.59. The monoisotopic (exact) mass is 355 g/mol. The lowest BCUT2D eigenvalue weighted by Crippen LogP contribution is -2.21. The van der Waals surface area contributed by atoms with Gasteiger partial charge in [0.05, 0.1) is 15.7 Å². The summed E-state index contributed by atoms with van der Waals surface area (Å²) in [6.45, 7) is 3.87. The van der Waals surface area contributed by atoms with E-state index in [2.05, 4.69) is 20.6 Å². The Morgan fingerprint density at radius 2 is 1.87 bits per heavy atom. The van der Waals surface area contributed by atoms with Gasteiger partial charge in [-0.2, -0.15) is 4.98 Å². The lowest BCUT2D eigenvalue weighted by Gasteiger charge is -2.11.